The summed E-state index contributed by atoms with van der Waals surface area (Å²) in [6, 6.07) is 11.6. The Bertz CT molecular complexity index is 903. The smallest absolute Gasteiger partial charge is 0.449 e. The highest BCUT2D eigenvalue weighted by Crippen LogP contribution is 2.32. The first kappa shape index (κ1) is 18.1. The quantitative estimate of drug-likeness (QED) is 0.631. The summed E-state index contributed by atoms with van der Waals surface area (Å²) in [5, 5.41) is 9.64. The zero-order valence-corrected chi connectivity index (χ0v) is 14.3. The van der Waals surface area contributed by atoms with Crippen LogP contribution in [0.1, 0.15) is 24.2 Å². The number of imidazole rings is 1. The van der Waals surface area contributed by atoms with Gasteiger partial charge in [-0.15, -0.1) is 0 Å². The fourth-order valence-electron chi connectivity index (χ4n) is 2.83. The van der Waals surface area contributed by atoms with Crippen molar-refractivity contribution in [1.29, 1.82) is 0 Å². The SMILES string of the molecule is Cc1c(O)cccc1OCCCCn1c(C(F)(F)F)nc2ccccc21. The van der Waals surface area contributed by atoms with E-state index in [4.69, 9.17) is 4.74 Å². The Labute approximate surface area is 148 Å². The lowest BCUT2D eigenvalue weighted by molar-refractivity contribution is -0.147. The van der Waals surface area contributed by atoms with Crippen LogP contribution in [-0.2, 0) is 12.7 Å². The third-order valence-electron chi connectivity index (χ3n) is 4.20. The molecule has 3 rings (SSSR count). The van der Waals surface area contributed by atoms with Crippen molar-refractivity contribution < 1.29 is 23.0 Å². The van der Waals surface area contributed by atoms with Gasteiger partial charge in [0.1, 0.15) is 11.5 Å². The number of aromatic hydroxyl groups is 1. The number of para-hydroxylation sites is 2. The highest BCUT2D eigenvalue weighted by molar-refractivity contribution is 5.76. The minimum absolute atomic E-state index is 0.155. The van der Waals surface area contributed by atoms with E-state index in [9.17, 15) is 18.3 Å². The Hall–Kier alpha value is -2.70. The largest absolute Gasteiger partial charge is 0.508 e. The minimum Gasteiger partial charge on any atom is -0.508 e. The molecule has 1 N–H and O–H groups in total. The van der Waals surface area contributed by atoms with Crippen LogP contribution >= 0.6 is 0 Å². The van der Waals surface area contributed by atoms with Gasteiger partial charge in [0.25, 0.3) is 0 Å². The van der Waals surface area contributed by atoms with E-state index < -0.39 is 12.0 Å². The molecule has 0 spiro atoms. The Morgan fingerprint density at radius 3 is 2.62 bits per heavy atom. The number of phenols is 1. The summed E-state index contributed by atoms with van der Waals surface area (Å²) in [6.45, 7) is 2.31. The van der Waals surface area contributed by atoms with Crippen molar-refractivity contribution in [3.63, 3.8) is 0 Å². The second-order valence-corrected chi connectivity index (χ2v) is 6.03. The van der Waals surface area contributed by atoms with E-state index in [0.29, 0.717) is 41.8 Å². The number of phenolic OH excluding ortho intramolecular Hbond substituents is 1. The molecule has 7 heteroatoms. The standard InChI is InChI=1S/C19H19F3N2O2/c1-13-16(25)9-6-10-17(13)26-12-5-4-11-24-15-8-3-2-7-14(15)23-18(24)19(20,21)22/h2-3,6-10,25H,4-5,11-12H2,1H3. The average Bonchev–Trinajstić information content (AvgIpc) is 2.97. The van der Waals surface area contributed by atoms with Gasteiger partial charge in [0.2, 0.25) is 5.82 Å². The van der Waals surface area contributed by atoms with Gasteiger partial charge in [-0.3, -0.25) is 0 Å². The van der Waals surface area contributed by atoms with E-state index in [1.54, 1.807) is 49.4 Å². The van der Waals surface area contributed by atoms with Gasteiger partial charge >= 0.3 is 6.18 Å². The molecular formula is C19H19F3N2O2. The number of aryl methyl sites for hydroxylation is 1. The monoisotopic (exact) mass is 364 g/mol. The highest BCUT2D eigenvalue weighted by atomic mass is 19.4. The van der Waals surface area contributed by atoms with Gasteiger partial charge in [-0.1, -0.05) is 18.2 Å². The molecule has 0 saturated carbocycles. The van der Waals surface area contributed by atoms with Crippen LogP contribution in [0.15, 0.2) is 42.5 Å². The van der Waals surface area contributed by atoms with Gasteiger partial charge in [0.15, 0.2) is 0 Å². The molecule has 26 heavy (non-hydrogen) atoms. The molecule has 0 bridgehead atoms. The van der Waals surface area contributed by atoms with Gasteiger partial charge in [-0.2, -0.15) is 13.2 Å². The second kappa shape index (κ2) is 7.27. The molecule has 0 aliphatic carbocycles. The first-order valence-corrected chi connectivity index (χ1v) is 8.32. The molecule has 0 radical (unpaired) electrons. The number of rotatable bonds is 6. The molecular weight excluding hydrogens is 345 g/mol. The van der Waals surface area contributed by atoms with Gasteiger partial charge in [0.05, 0.1) is 17.6 Å². The summed E-state index contributed by atoms with van der Waals surface area (Å²) < 4.78 is 46.5. The maximum atomic E-state index is 13.2. The number of aromatic nitrogens is 2. The molecule has 0 saturated heterocycles. The van der Waals surface area contributed by atoms with Crippen molar-refractivity contribution in [2.75, 3.05) is 6.61 Å². The van der Waals surface area contributed by atoms with E-state index in [-0.39, 0.29) is 12.3 Å². The second-order valence-electron chi connectivity index (χ2n) is 6.03. The van der Waals surface area contributed by atoms with E-state index in [2.05, 4.69) is 4.98 Å². The Morgan fingerprint density at radius 1 is 1.08 bits per heavy atom. The summed E-state index contributed by atoms with van der Waals surface area (Å²) in [7, 11) is 0. The van der Waals surface area contributed by atoms with Crippen LogP contribution in [0.3, 0.4) is 0 Å². The van der Waals surface area contributed by atoms with E-state index in [1.807, 2.05) is 0 Å². The molecule has 2 aromatic carbocycles. The lowest BCUT2D eigenvalue weighted by atomic mass is 10.2. The van der Waals surface area contributed by atoms with Crippen molar-refractivity contribution in [3.05, 3.63) is 53.9 Å². The number of ether oxygens (including phenoxy) is 1. The number of hydrogen-bond donors (Lipinski definition) is 1. The first-order valence-electron chi connectivity index (χ1n) is 8.32. The van der Waals surface area contributed by atoms with Crippen LogP contribution in [0.4, 0.5) is 13.2 Å². The highest BCUT2D eigenvalue weighted by Gasteiger charge is 2.37. The van der Waals surface area contributed by atoms with E-state index >= 15 is 0 Å². The summed E-state index contributed by atoms with van der Waals surface area (Å²) >= 11 is 0. The Morgan fingerprint density at radius 2 is 1.85 bits per heavy atom. The molecule has 4 nitrogen and oxygen atoms in total. The summed E-state index contributed by atoms with van der Waals surface area (Å²) in [5.74, 6) is -0.139. The van der Waals surface area contributed by atoms with Gasteiger partial charge in [-0.05, 0) is 44.0 Å². The van der Waals surface area contributed by atoms with Crippen molar-refractivity contribution in [2.24, 2.45) is 0 Å². The number of hydrogen-bond acceptors (Lipinski definition) is 3. The van der Waals surface area contributed by atoms with Crippen molar-refractivity contribution in [2.45, 2.75) is 32.5 Å². The average molecular weight is 364 g/mol. The van der Waals surface area contributed by atoms with Crippen LogP contribution in [0.2, 0.25) is 0 Å². The van der Waals surface area contributed by atoms with Crippen LogP contribution in [0, 0.1) is 6.92 Å². The Balaban J connectivity index is 1.64. The van der Waals surface area contributed by atoms with Crippen molar-refractivity contribution >= 4 is 11.0 Å². The molecule has 3 aromatic rings. The molecule has 138 valence electrons. The molecule has 0 aliphatic rings. The molecule has 1 heterocycles. The number of nitrogens with zero attached hydrogens (tertiary/aromatic N) is 2. The van der Waals surface area contributed by atoms with E-state index in [1.165, 1.54) is 4.57 Å². The number of halogens is 3. The number of benzene rings is 2. The first-order chi connectivity index (χ1) is 12.4. The lowest BCUT2D eigenvalue weighted by Crippen LogP contribution is -2.15. The van der Waals surface area contributed by atoms with Crippen LogP contribution in [0.25, 0.3) is 11.0 Å². The Kier molecular flexibility index (Phi) is 5.06. The molecule has 0 unspecified atom stereocenters. The topological polar surface area (TPSA) is 47.3 Å². The van der Waals surface area contributed by atoms with Crippen molar-refractivity contribution in [3.8, 4) is 11.5 Å². The molecule has 0 fully saturated rings. The molecule has 1 aromatic heterocycles. The zero-order valence-electron chi connectivity index (χ0n) is 14.3. The van der Waals surface area contributed by atoms with Crippen LogP contribution in [0.5, 0.6) is 11.5 Å². The predicted molar refractivity (Wildman–Crippen MR) is 92.3 cm³/mol. The number of fused-ring (bicyclic) bond motifs is 1. The fraction of sp³-hybridized carbons (Fsp3) is 0.316. The predicted octanol–water partition coefficient (Wildman–Crippen LogP) is 4.93. The zero-order chi connectivity index (χ0) is 18.7. The minimum atomic E-state index is -4.49. The summed E-state index contributed by atoms with van der Waals surface area (Å²) in [6.07, 6.45) is -3.39. The van der Waals surface area contributed by atoms with Gasteiger partial charge in [0, 0.05) is 12.1 Å². The summed E-state index contributed by atoms with van der Waals surface area (Å²) in [4.78, 5) is 3.73. The third kappa shape index (κ3) is 3.76. The third-order valence-corrected chi connectivity index (χ3v) is 4.20. The molecule has 0 atom stereocenters. The van der Waals surface area contributed by atoms with Crippen LogP contribution in [-0.4, -0.2) is 21.3 Å². The maximum absolute atomic E-state index is 13.2. The van der Waals surface area contributed by atoms with Crippen LogP contribution < -0.4 is 4.74 Å². The molecule has 0 amide bonds. The van der Waals surface area contributed by atoms with Crippen molar-refractivity contribution in [1.82, 2.24) is 9.55 Å². The maximum Gasteiger partial charge on any atom is 0.449 e. The van der Waals surface area contributed by atoms with Gasteiger partial charge in [-0.25, -0.2) is 4.98 Å². The lowest BCUT2D eigenvalue weighted by Gasteiger charge is -2.12. The summed E-state index contributed by atoms with van der Waals surface area (Å²) in [5.41, 5.74) is 1.46. The normalized spacial score (nSPS) is 11.8. The molecule has 0 aliphatic heterocycles. The number of alkyl halides is 3. The van der Waals surface area contributed by atoms with E-state index in [0.717, 1.165) is 0 Å². The fourth-order valence-corrected chi connectivity index (χ4v) is 2.83. The van der Waals surface area contributed by atoms with Gasteiger partial charge < -0.3 is 14.4 Å². The number of unbranched alkanes of at least 4 members (excludes halogenated alkanes) is 1.